The van der Waals surface area contributed by atoms with Crippen molar-refractivity contribution < 1.29 is 9.90 Å². The van der Waals surface area contributed by atoms with Gasteiger partial charge in [0.2, 0.25) is 0 Å². The Balaban J connectivity index is 3.34. The zero-order valence-electron chi connectivity index (χ0n) is 11.3. The smallest absolute Gasteiger partial charge is 0.303 e. The van der Waals surface area contributed by atoms with Gasteiger partial charge in [-0.3, -0.25) is 4.79 Å². The molecule has 0 saturated heterocycles. The van der Waals surface area contributed by atoms with E-state index in [0.717, 1.165) is 24.3 Å². The van der Waals surface area contributed by atoms with Crippen LogP contribution in [0.4, 0.5) is 0 Å². The maximum Gasteiger partial charge on any atom is 0.303 e. The molecule has 3 heteroatoms. The molecule has 0 rings (SSSR count). The van der Waals surface area contributed by atoms with E-state index in [0.29, 0.717) is 5.92 Å². The second-order valence-corrected chi connectivity index (χ2v) is 5.43. The minimum Gasteiger partial charge on any atom is -0.481 e. The van der Waals surface area contributed by atoms with Crippen molar-refractivity contribution in [3.05, 3.63) is 36.5 Å². The van der Waals surface area contributed by atoms with Crippen molar-refractivity contribution in [2.45, 2.75) is 33.1 Å². The molecule has 0 saturated carbocycles. The predicted octanol–water partition coefficient (Wildman–Crippen LogP) is 4.30. The fraction of sp³-hybridized carbons (Fsp3) is 0.533. The molecule has 0 aliphatic carbocycles. The molecule has 0 aliphatic heterocycles. The first-order valence-electron chi connectivity index (χ1n) is 6.40. The van der Waals surface area contributed by atoms with Gasteiger partial charge in [0, 0.05) is 17.9 Å². The number of aliphatic carboxylic acids is 1. The van der Waals surface area contributed by atoms with Gasteiger partial charge in [-0.25, -0.2) is 0 Å². The van der Waals surface area contributed by atoms with Crippen LogP contribution >= 0.6 is 11.8 Å². The average Bonchev–Trinajstić information content (AvgIpc) is 2.29. The number of carboxylic acid groups (broad SMARTS) is 1. The molecule has 2 nitrogen and oxygen atoms in total. The Kier molecular flexibility index (Phi) is 11.8. The van der Waals surface area contributed by atoms with Crippen molar-refractivity contribution in [3.8, 4) is 0 Å². The average molecular weight is 268 g/mol. The van der Waals surface area contributed by atoms with Crippen molar-refractivity contribution in [3.63, 3.8) is 0 Å². The lowest BCUT2D eigenvalue weighted by Crippen LogP contribution is -1.92. The highest BCUT2D eigenvalue weighted by atomic mass is 32.2. The molecular formula is C15H24O2S. The van der Waals surface area contributed by atoms with Crippen LogP contribution in [-0.4, -0.2) is 22.6 Å². The second-order valence-electron chi connectivity index (χ2n) is 4.35. The highest BCUT2D eigenvalue weighted by Crippen LogP contribution is 2.03. The van der Waals surface area contributed by atoms with Gasteiger partial charge in [0.25, 0.3) is 0 Å². The Morgan fingerprint density at radius 1 is 1.17 bits per heavy atom. The summed E-state index contributed by atoms with van der Waals surface area (Å²) in [6, 6.07) is 0. The van der Waals surface area contributed by atoms with Gasteiger partial charge < -0.3 is 5.11 Å². The molecule has 18 heavy (non-hydrogen) atoms. The Bertz CT molecular complexity index is 291. The van der Waals surface area contributed by atoms with Crippen molar-refractivity contribution in [1.29, 1.82) is 0 Å². The summed E-state index contributed by atoms with van der Waals surface area (Å²) < 4.78 is 0. The van der Waals surface area contributed by atoms with Crippen LogP contribution in [0.1, 0.15) is 33.1 Å². The first kappa shape index (κ1) is 17.0. The Labute approximate surface area is 115 Å². The van der Waals surface area contributed by atoms with Crippen LogP contribution < -0.4 is 0 Å². The molecule has 0 radical (unpaired) electrons. The predicted molar refractivity (Wildman–Crippen MR) is 81.1 cm³/mol. The quantitative estimate of drug-likeness (QED) is 0.364. The maximum absolute atomic E-state index is 10.3. The van der Waals surface area contributed by atoms with E-state index in [1.54, 1.807) is 0 Å². The van der Waals surface area contributed by atoms with Gasteiger partial charge in [0.15, 0.2) is 0 Å². The van der Waals surface area contributed by atoms with Crippen LogP contribution in [0.3, 0.4) is 0 Å². The number of rotatable bonds is 10. The SMILES string of the molecule is CC(C)/C=C/C=C/CSC/C=C/CCCC(=O)O. The summed E-state index contributed by atoms with van der Waals surface area (Å²) in [5.74, 6) is 1.90. The van der Waals surface area contributed by atoms with Crippen molar-refractivity contribution >= 4 is 17.7 Å². The minimum absolute atomic E-state index is 0.266. The molecule has 0 bridgehead atoms. The summed E-state index contributed by atoms with van der Waals surface area (Å²) in [6.45, 7) is 4.32. The van der Waals surface area contributed by atoms with Crippen LogP contribution in [0.2, 0.25) is 0 Å². The number of hydrogen-bond acceptors (Lipinski definition) is 2. The molecule has 0 heterocycles. The summed E-state index contributed by atoms with van der Waals surface area (Å²) >= 11 is 1.85. The Hall–Kier alpha value is -0.960. The number of hydrogen-bond donors (Lipinski definition) is 1. The molecule has 0 aromatic heterocycles. The number of thioether (sulfide) groups is 1. The molecule has 0 aromatic carbocycles. The molecule has 1 N–H and O–H groups in total. The minimum atomic E-state index is -0.711. The fourth-order valence-electron chi connectivity index (χ4n) is 1.18. The molecular weight excluding hydrogens is 244 g/mol. The van der Waals surface area contributed by atoms with Gasteiger partial charge >= 0.3 is 5.97 Å². The zero-order valence-corrected chi connectivity index (χ0v) is 12.2. The molecule has 0 spiro atoms. The van der Waals surface area contributed by atoms with Gasteiger partial charge in [-0.05, 0) is 18.8 Å². The monoisotopic (exact) mass is 268 g/mol. The third kappa shape index (κ3) is 15.0. The molecule has 0 unspecified atom stereocenters. The lowest BCUT2D eigenvalue weighted by molar-refractivity contribution is -0.137. The molecule has 102 valence electrons. The molecule has 0 atom stereocenters. The number of carbonyl (C=O) groups is 1. The number of unbranched alkanes of at least 4 members (excludes halogenated alkanes) is 1. The van der Waals surface area contributed by atoms with Crippen molar-refractivity contribution in [2.75, 3.05) is 11.5 Å². The van der Waals surface area contributed by atoms with Crippen molar-refractivity contribution in [2.24, 2.45) is 5.92 Å². The van der Waals surface area contributed by atoms with E-state index < -0.39 is 5.97 Å². The van der Waals surface area contributed by atoms with Crippen LogP contribution in [0, 0.1) is 5.92 Å². The lowest BCUT2D eigenvalue weighted by Gasteiger charge is -1.92. The largest absolute Gasteiger partial charge is 0.481 e. The normalized spacial score (nSPS) is 12.4. The molecule has 0 amide bonds. The summed E-state index contributed by atoms with van der Waals surface area (Å²) in [5, 5.41) is 8.45. The van der Waals surface area contributed by atoms with Gasteiger partial charge in [-0.2, -0.15) is 11.8 Å². The van der Waals surface area contributed by atoms with Gasteiger partial charge in [0.1, 0.15) is 0 Å². The van der Waals surface area contributed by atoms with E-state index in [1.807, 2.05) is 11.8 Å². The first-order valence-corrected chi connectivity index (χ1v) is 7.56. The zero-order chi connectivity index (χ0) is 13.6. The standard InChI is InChI=1S/C15H24O2S/c1-14(2)10-6-5-9-13-18-12-8-4-3-7-11-15(16)17/h4-6,8-10,14H,3,7,11-13H2,1-2H3,(H,16,17)/b8-4+,9-5+,10-6+. The molecule has 0 aliphatic rings. The summed E-state index contributed by atoms with van der Waals surface area (Å²) in [4.78, 5) is 10.3. The van der Waals surface area contributed by atoms with Crippen LogP contribution in [0.15, 0.2) is 36.5 Å². The Morgan fingerprint density at radius 2 is 1.89 bits per heavy atom. The highest BCUT2D eigenvalue weighted by Gasteiger charge is 1.92. The summed E-state index contributed by atoms with van der Waals surface area (Å²) in [7, 11) is 0. The van der Waals surface area contributed by atoms with Crippen LogP contribution in [0.25, 0.3) is 0 Å². The lowest BCUT2D eigenvalue weighted by atomic mass is 10.2. The second kappa shape index (κ2) is 12.5. The third-order valence-electron chi connectivity index (χ3n) is 2.10. The van der Waals surface area contributed by atoms with E-state index in [1.165, 1.54) is 0 Å². The number of allylic oxidation sites excluding steroid dienone is 4. The summed E-state index contributed by atoms with van der Waals surface area (Å²) in [6.07, 6.45) is 14.5. The highest BCUT2D eigenvalue weighted by molar-refractivity contribution is 7.99. The van der Waals surface area contributed by atoms with E-state index in [9.17, 15) is 4.79 Å². The van der Waals surface area contributed by atoms with Crippen LogP contribution in [0.5, 0.6) is 0 Å². The molecule has 0 fully saturated rings. The summed E-state index contributed by atoms with van der Waals surface area (Å²) in [5.41, 5.74) is 0. The maximum atomic E-state index is 10.3. The Morgan fingerprint density at radius 3 is 2.56 bits per heavy atom. The fourth-order valence-corrected chi connectivity index (χ4v) is 1.84. The molecule has 0 aromatic rings. The van der Waals surface area contributed by atoms with E-state index in [4.69, 9.17) is 5.11 Å². The third-order valence-corrected chi connectivity index (χ3v) is 2.96. The number of carboxylic acids is 1. The van der Waals surface area contributed by atoms with Gasteiger partial charge in [0.05, 0.1) is 0 Å². The van der Waals surface area contributed by atoms with Gasteiger partial charge in [-0.1, -0.05) is 50.3 Å². The topological polar surface area (TPSA) is 37.3 Å². The van der Waals surface area contributed by atoms with E-state index in [2.05, 4.69) is 50.3 Å². The van der Waals surface area contributed by atoms with Gasteiger partial charge in [-0.15, -0.1) is 0 Å². The van der Waals surface area contributed by atoms with E-state index in [-0.39, 0.29) is 6.42 Å². The van der Waals surface area contributed by atoms with Crippen LogP contribution in [-0.2, 0) is 4.79 Å². The first-order chi connectivity index (χ1) is 8.63. The van der Waals surface area contributed by atoms with E-state index >= 15 is 0 Å². The van der Waals surface area contributed by atoms with Crippen molar-refractivity contribution in [1.82, 2.24) is 0 Å².